The lowest BCUT2D eigenvalue weighted by Crippen LogP contribution is -2.47. The van der Waals surface area contributed by atoms with Crippen molar-refractivity contribution in [3.63, 3.8) is 0 Å². The highest BCUT2D eigenvalue weighted by atomic mass is 15.1. The number of fused-ring (bicyclic) bond motifs is 2. The van der Waals surface area contributed by atoms with Gasteiger partial charge >= 0.3 is 0 Å². The zero-order valence-corrected chi connectivity index (χ0v) is 11.1. The molecule has 1 unspecified atom stereocenters. The van der Waals surface area contributed by atoms with Gasteiger partial charge in [-0.2, -0.15) is 0 Å². The SMILES string of the molecule is CC1C[C@@H]2c3cccc4[nH]cc(c34)C[C@H]2N(C)C1. The van der Waals surface area contributed by atoms with Crippen LogP contribution in [0.25, 0.3) is 10.9 Å². The van der Waals surface area contributed by atoms with Gasteiger partial charge in [-0.25, -0.2) is 0 Å². The minimum Gasteiger partial charge on any atom is -0.361 e. The third kappa shape index (κ3) is 1.33. The van der Waals surface area contributed by atoms with Crippen molar-refractivity contribution in [3.05, 3.63) is 35.5 Å². The van der Waals surface area contributed by atoms with Gasteiger partial charge in [0.2, 0.25) is 0 Å². The number of benzene rings is 1. The van der Waals surface area contributed by atoms with Crippen LogP contribution in [0.15, 0.2) is 24.4 Å². The lowest BCUT2D eigenvalue weighted by atomic mass is 9.73. The Kier molecular flexibility index (Phi) is 2.13. The van der Waals surface area contributed by atoms with Crippen LogP contribution >= 0.6 is 0 Å². The van der Waals surface area contributed by atoms with Crippen LogP contribution in [0.1, 0.15) is 30.4 Å². The number of aromatic nitrogens is 1. The van der Waals surface area contributed by atoms with Gasteiger partial charge in [-0.1, -0.05) is 19.1 Å². The first kappa shape index (κ1) is 10.6. The van der Waals surface area contributed by atoms with Crippen LogP contribution in [0.2, 0.25) is 0 Å². The van der Waals surface area contributed by atoms with Gasteiger partial charge in [0.25, 0.3) is 0 Å². The molecule has 2 heterocycles. The molecule has 2 aromatic rings. The van der Waals surface area contributed by atoms with Crippen molar-refractivity contribution >= 4 is 10.9 Å². The van der Waals surface area contributed by atoms with Crippen molar-refractivity contribution in [2.45, 2.75) is 31.7 Å². The number of nitrogens with zero attached hydrogens (tertiary/aromatic N) is 1. The summed E-state index contributed by atoms with van der Waals surface area (Å²) in [6.07, 6.45) is 4.78. The molecule has 0 bridgehead atoms. The standard InChI is InChI=1S/C16H20N2/c1-10-6-13-12-4-3-5-14-16(12)11(8-17-14)7-15(13)18(2)9-10/h3-5,8,10,13,15,17H,6-7,9H2,1-2H3/t10?,13-,15-/m1/s1. The van der Waals surface area contributed by atoms with Gasteiger partial charge in [-0.15, -0.1) is 0 Å². The van der Waals surface area contributed by atoms with E-state index in [9.17, 15) is 0 Å². The molecule has 0 saturated carbocycles. The summed E-state index contributed by atoms with van der Waals surface area (Å²) in [4.78, 5) is 6.01. The average Bonchev–Trinajstić information content (AvgIpc) is 2.76. The predicted octanol–water partition coefficient (Wildman–Crippen LogP) is 3.15. The molecule has 1 fully saturated rings. The highest BCUT2D eigenvalue weighted by Gasteiger charge is 2.37. The highest BCUT2D eigenvalue weighted by molar-refractivity contribution is 5.88. The van der Waals surface area contributed by atoms with E-state index >= 15 is 0 Å². The molecule has 0 radical (unpaired) electrons. The number of piperidine rings is 1. The van der Waals surface area contributed by atoms with E-state index in [-0.39, 0.29) is 0 Å². The van der Waals surface area contributed by atoms with E-state index in [1.165, 1.54) is 35.9 Å². The third-order valence-corrected chi connectivity index (χ3v) is 4.93. The topological polar surface area (TPSA) is 19.0 Å². The maximum absolute atomic E-state index is 3.44. The Morgan fingerprint density at radius 1 is 1.33 bits per heavy atom. The lowest BCUT2D eigenvalue weighted by molar-refractivity contribution is 0.119. The van der Waals surface area contributed by atoms with Gasteiger partial charge in [0, 0.05) is 35.6 Å². The summed E-state index contributed by atoms with van der Waals surface area (Å²) in [5.74, 6) is 1.54. The molecule has 18 heavy (non-hydrogen) atoms. The van der Waals surface area contributed by atoms with Crippen LogP contribution in [-0.2, 0) is 6.42 Å². The Balaban J connectivity index is 1.92. The summed E-state index contributed by atoms with van der Waals surface area (Å²) in [6, 6.07) is 7.47. The molecular formula is C16H20N2. The van der Waals surface area contributed by atoms with Crippen LogP contribution in [0.3, 0.4) is 0 Å². The molecule has 3 atom stereocenters. The van der Waals surface area contributed by atoms with Crippen LogP contribution < -0.4 is 0 Å². The second kappa shape index (κ2) is 3.61. The van der Waals surface area contributed by atoms with E-state index in [2.05, 4.69) is 48.3 Å². The number of likely N-dealkylation sites (N-methyl/N-ethyl adjacent to an activating group) is 1. The second-order valence-corrected chi connectivity index (χ2v) is 6.24. The van der Waals surface area contributed by atoms with Crippen LogP contribution in [0, 0.1) is 5.92 Å². The largest absolute Gasteiger partial charge is 0.361 e. The Labute approximate surface area is 108 Å². The first-order chi connectivity index (χ1) is 8.74. The molecule has 1 saturated heterocycles. The van der Waals surface area contributed by atoms with Crippen molar-refractivity contribution in [2.24, 2.45) is 5.92 Å². The first-order valence-electron chi connectivity index (χ1n) is 7.03. The van der Waals surface area contributed by atoms with Crippen LogP contribution in [0.4, 0.5) is 0 Å². The molecule has 0 amide bonds. The molecule has 4 rings (SSSR count). The normalized spacial score (nSPS) is 31.6. The number of rotatable bonds is 0. The first-order valence-corrected chi connectivity index (χ1v) is 7.03. The average molecular weight is 240 g/mol. The fraction of sp³-hybridized carbons (Fsp3) is 0.500. The molecule has 1 N–H and O–H groups in total. The van der Waals surface area contributed by atoms with Gasteiger partial charge in [0.05, 0.1) is 0 Å². The summed E-state index contributed by atoms with van der Waals surface area (Å²) < 4.78 is 0. The smallest absolute Gasteiger partial charge is 0.0459 e. The number of aromatic amines is 1. The zero-order valence-electron chi connectivity index (χ0n) is 11.1. The van der Waals surface area contributed by atoms with Crippen LogP contribution in [0.5, 0.6) is 0 Å². The number of nitrogens with one attached hydrogen (secondary N) is 1. The van der Waals surface area contributed by atoms with Crippen molar-refractivity contribution in [1.82, 2.24) is 9.88 Å². The van der Waals surface area contributed by atoms with Crippen molar-refractivity contribution in [1.29, 1.82) is 0 Å². The molecule has 1 aromatic heterocycles. The maximum atomic E-state index is 3.44. The minimum absolute atomic E-state index is 0.704. The lowest BCUT2D eigenvalue weighted by Gasteiger charge is -2.44. The van der Waals surface area contributed by atoms with Crippen molar-refractivity contribution in [2.75, 3.05) is 13.6 Å². The molecule has 94 valence electrons. The van der Waals surface area contributed by atoms with Gasteiger partial charge < -0.3 is 9.88 Å². The predicted molar refractivity (Wildman–Crippen MR) is 74.9 cm³/mol. The van der Waals surface area contributed by atoms with E-state index in [0.717, 1.165) is 11.8 Å². The van der Waals surface area contributed by atoms with E-state index in [1.807, 2.05) is 0 Å². The minimum atomic E-state index is 0.704. The molecule has 1 aliphatic heterocycles. The van der Waals surface area contributed by atoms with E-state index in [1.54, 1.807) is 5.56 Å². The van der Waals surface area contributed by atoms with Gasteiger partial charge in [0.1, 0.15) is 0 Å². The highest BCUT2D eigenvalue weighted by Crippen LogP contribution is 2.43. The molecule has 2 nitrogen and oxygen atoms in total. The van der Waals surface area contributed by atoms with Crippen LogP contribution in [-0.4, -0.2) is 29.5 Å². The van der Waals surface area contributed by atoms with E-state index in [0.29, 0.717) is 6.04 Å². The fourth-order valence-electron chi connectivity index (χ4n) is 4.21. The number of hydrogen-bond donors (Lipinski definition) is 1. The molecular weight excluding hydrogens is 220 g/mol. The van der Waals surface area contributed by atoms with Gasteiger partial charge in [0.15, 0.2) is 0 Å². The summed E-state index contributed by atoms with van der Waals surface area (Å²) in [7, 11) is 2.30. The number of H-pyrrole nitrogens is 1. The zero-order chi connectivity index (χ0) is 12.3. The summed E-state index contributed by atoms with van der Waals surface area (Å²) in [6.45, 7) is 3.64. The number of hydrogen-bond acceptors (Lipinski definition) is 1. The molecule has 1 aliphatic carbocycles. The molecule has 1 aromatic carbocycles. The van der Waals surface area contributed by atoms with Gasteiger partial charge in [-0.05, 0) is 43.0 Å². The Bertz CT molecular complexity index is 598. The van der Waals surface area contributed by atoms with Crippen molar-refractivity contribution in [3.8, 4) is 0 Å². The fourth-order valence-corrected chi connectivity index (χ4v) is 4.21. The summed E-state index contributed by atoms with van der Waals surface area (Å²) >= 11 is 0. The van der Waals surface area contributed by atoms with E-state index < -0.39 is 0 Å². The quantitative estimate of drug-likeness (QED) is 0.749. The Morgan fingerprint density at radius 3 is 3.11 bits per heavy atom. The van der Waals surface area contributed by atoms with Crippen molar-refractivity contribution < 1.29 is 0 Å². The molecule has 0 spiro atoms. The van der Waals surface area contributed by atoms with Gasteiger partial charge in [-0.3, -0.25) is 0 Å². The maximum Gasteiger partial charge on any atom is 0.0459 e. The third-order valence-electron chi connectivity index (χ3n) is 4.93. The Hall–Kier alpha value is -1.28. The molecule has 2 aliphatic rings. The summed E-state index contributed by atoms with van der Waals surface area (Å²) in [5.41, 5.74) is 4.42. The summed E-state index contributed by atoms with van der Waals surface area (Å²) in [5, 5.41) is 1.52. The number of likely N-dealkylation sites (tertiary alicyclic amines) is 1. The second-order valence-electron chi connectivity index (χ2n) is 6.24. The molecule has 2 heteroatoms. The van der Waals surface area contributed by atoms with E-state index in [4.69, 9.17) is 0 Å². The monoisotopic (exact) mass is 240 g/mol. The Morgan fingerprint density at radius 2 is 2.22 bits per heavy atom.